The van der Waals surface area contributed by atoms with Gasteiger partial charge < -0.3 is 25.0 Å². The van der Waals surface area contributed by atoms with E-state index in [4.69, 9.17) is 0 Å². The fourth-order valence-corrected chi connectivity index (χ4v) is 5.48. The molecule has 1 aromatic heterocycles. The summed E-state index contributed by atoms with van der Waals surface area (Å²) in [6.07, 6.45) is 1.43. The standard InChI is InChI=1S/C28H32F4N4O5/c1-16(37)36-15-19(17-5-6-23(22(38)13-17)41-27(29)30)12-21(36)25(39)34-14-18-4-3-11-33-24(18)26(40)35(2)20-7-9-28(31,32)10-8-20/h3-6,11,13,19-21,27,38H,7-10,12,14-15H2,1-2H3,(H,34,39)/t19?,21-/m1/s1. The van der Waals surface area contributed by atoms with E-state index in [9.17, 15) is 37.1 Å². The normalized spacial score (nSPS) is 20.6. The average molecular weight is 581 g/mol. The topological polar surface area (TPSA) is 112 Å². The fraction of sp³-hybridized carbons (Fsp3) is 0.500. The van der Waals surface area contributed by atoms with Crippen LogP contribution in [0.1, 0.15) is 66.6 Å². The number of benzene rings is 1. The summed E-state index contributed by atoms with van der Waals surface area (Å²) in [5.74, 6) is -5.18. The minimum atomic E-state index is -3.10. The smallest absolute Gasteiger partial charge is 0.387 e. The maximum Gasteiger partial charge on any atom is 0.387 e. The van der Waals surface area contributed by atoms with E-state index in [1.54, 1.807) is 19.2 Å². The summed E-state index contributed by atoms with van der Waals surface area (Å²) in [5, 5.41) is 12.9. The van der Waals surface area contributed by atoms with Crippen LogP contribution in [-0.4, -0.2) is 75.8 Å². The van der Waals surface area contributed by atoms with Gasteiger partial charge in [-0.2, -0.15) is 8.78 Å². The Kier molecular flexibility index (Phi) is 9.03. The molecule has 41 heavy (non-hydrogen) atoms. The van der Waals surface area contributed by atoms with Crippen molar-refractivity contribution in [3.8, 4) is 11.5 Å². The summed E-state index contributed by atoms with van der Waals surface area (Å²) in [7, 11) is 1.56. The van der Waals surface area contributed by atoms with Crippen LogP contribution in [0.4, 0.5) is 17.6 Å². The number of amides is 3. The Labute approximate surface area is 234 Å². The van der Waals surface area contributed by atoms with E-state index in [0.717, 1.165) is 0 Å². The number of nitrogens with one attached hydrogen (secondary N) is 1. The molecule has 1 aliphatic heterocycles. The molecule has 0 radical (unpaired) electrons. The summed E-state index contributed by atoms with van der Waals surface area (Å²) < 4.78 is 56.5. The second kappa shape index (κ2) is 12.3. The van der Waals surface area contributed by atoms with Crippen LogP contribution in [0.5, 0.6) is 11.5 Å². The molecule has 1 saturated heterocycles. The van der Waals surface area contributed by atoms with Crippen molar-refractivity contribution in [3.63, 3.8) is 0 Å². The van der Waals surface area contributed by atoms with Gasteiger partial charge in [-0.1, -0.05) is 12.1 Å². The number of carbonyl (C=O) groups excluding carboxylic acids is 3. The lowest BCUT2D eigenvalue weighted by molar-refractivity contribution is -0.136. The van der Waals surface area contributed by atoms with Crippen molar-refractivity contribution >= 4 is 17.7 Å². The van der Waals surface area contributed by atoms with Crippen LogP contribution >= 0.6 is 0 Å². The molecule has 2 atom stereocenters. The maximum absolute atomic E-state index is 13.6. The minimum absolute atomic E-state index is 0.0578. The lowest BCUT2D eigenvalue weighted by Gasteiger charge is -2.34. The molecule has 2 N–H and O–H groups in total. The number of halogens is 4. The Morgan fingerprint density at radius 1 is 1.22 bits per heavy atom. The summed E-state index contributed by atoms with van der Waals surface area (Å²) in [4.78, 5) is 45.8. The Balaban J connectivity index is 1.43. The van der Waals surface area contributed by atoms with Gasteiger partial charge >= 0.3 is 6.61 Å². The molecule has 1 saturated carbocycles. The number of nitrogens with zero attached hydrogens (tertiary/aromatic N) is 3. The molecule has 1 aliphatic carbocycles. The average Bonchev–Trinajstić information content (AvgIpc) is 3.38. The highest BCUT2D eigenvalue weighted by molar-refractivity contribution is 5.94. The van der Waals surface area contributed by atoms with E-state index < -0.39 is 36.1 Å². The number of likely N-dealkylation sites (tertiary alicyclic amines) is 1. The Bertz CT molecular complexity index is 1280. The highest BCUT2D eigenvalue weighted by Crippen LogP contribution is 2.37. The number of rotatable bonds is 8. The summed E-state index contributed by atoms with van der Waals surface area (Å²) in [6.45, 7) is -1.66. The highest BCUT2D eigenvalue weighted by Gasteiger charge is 2.40. The Morgan fingerprint density at radius 3 is 2.56 bits per heavy atom. The third-order valence-corrected chi connectivity index (χ3v) is 7.78. The van der Waals surface area contributed by atoms with E-state index in [1.807, 2.05) is 0 Å². The molecule has 13 heteroatoms. The van der Waals surface area contributed by atoms with Gasteiger partial charge in [0.1, 0.15) is 11.7 Å². The minimum Gasteiger partial charge on any atom is -0.504 e. The molecule has 222 valence electrons. The zero-order valence-electron chi connectivity index (χ0n) is 22.7. The molecule has 1 unspecified atom stereocenters. The molecule has 9 nitrogen and oxygen atoms in total. The van der Waals surface area contributed by atoms with E-state index in [-0.39, 0.29) is 74.5 Å². The van der Waals surface area contributed by atoms with Gasteiger partial charge in [-0.3, -0.25) is 19.4 Å². The van der Waals surface area contributed by atoms with Crippen molar-refractivity contribution in [3.05, 3.63) is 53.3 Å². The zero-order chi connectivity index (χ0) is 29.9. The van der Waals surface area contributed by atoms with E-state index >= 15 is 0 Å². The number of aromatic hydroxyl groups is 1. The fourth-order valence-electron chi connectivity index (χ4n) is 5.48. The number of hydrogen-bond donors (Lipinski definition) is 2. The number of phenols is 1. The van der Waals surface area contributed by atoms with Crippen molar-refractivity contribution < 1.29 is 41.8 Å². The van der Waals surface area contributed by atoms with Gasteiger partial charge in [-0.15, -0.1) is 0 Å². The van der Waals surface area contributed by atoms with Crippen LogP contribution in [0.25, 0.3) is 0 Å². The van der Waals surface area contributed by atoms with Gasteiger partial charge in [-0.25, -0.2) is 8.78 Å². The zero-order valence-corrected chi connectivity index (χ0v) is 22.7. The van der Waals surface area contributed by atoms with Crippen molar-refractivity contribution in [2.24, 2.45) is 0 Å². The summed E-state index contributed by atoms with van der Waals surface area (Å²) in [5.41, 5.74) is 1.08. The van der Waals surface area contributed by atoms with Gasteiger partial charge in [0.2, 0.25) is 17.7 Å². The first-order chi connectivity index (χ1) is 19.4. The number of ether oxygens (including phenoxy) is 1. The van der Waals surface area contributed by atoms with Crippen LogP contribution in [0, 0.1) is 0 Å². The lowest BCUT2D eigenvalue weighted by atomic mass is 9.91. The van der Waals surface area contributed by atoms with E-state index in [2.05, 4.69) is 15.0 Å². The monoisotopic (exact) mass is 580 g/mol. The molecule has 2 aromatic rings. The van der Waals surface area contributed by atoms with Crippen molar-refractivity contribution in [2.45, 2.75) is 76.1 Å². The third-order valence-electron chi connectivity index (χ3n) is 7.78. The Morgan fingerprint density at radius 2 is 1.93 bits per heavy atom. The molecule has 0 bridgehead atoms. The molecule has 2 fully saturated rings. The molecule has 1 aromatic carbocycles. The maximum atomic E-state index is 13.6. The van der Waals surface area contributed by atoms with Gasteiger partial charge in [0.25, 0.3) is 5.91 Å². The molecule has 4 rings (SSSR count). The second-order valence-corrected chi connectivity index (χ2v) is 10.5. The first kappa shape index (κ1) is 30.1. The number of alkyl halides is 4. The molecule has 0 spiro atoms. The number of phenolic OH excluding ortho intramolecular Hbond substituents is 1. The first-order valence-electron chi connectivity index (χ1n) is 13.3. The number of pyridine rings is 1. The van der Waals surface area contributed by atoms with Crippen LogP contribution in [0.3, 0.4) is 0 Å². The number of hydrogen-bond acceptors (Lipinski definition) is 6. The first-order valence-corrected chi connectivity index (χ1v) is 13.3. The van der Waals surface area contributed by atoms with Gasteiger partial charge in [0, 0.05) is 63.6 Å². The van der Waals surface area contributed by atoms with Gasteiger partial charge in [-0.05, 0) is 43.0 Å². The summed E-state index contributed by atoms with van der Waals surface area (Å²) in [6, 6.07) is 6.03. The quantitative estimate of drug-likeness (QED) is 0.456. The van der Waals surface area contributed by atoms with Crippen LogP contribution < -0.4 is 10.1 Å². The predicted molar refractivity (Wildman–Crippen MR) is 139 cm³/mol. The van der Waals surface area contributed by atoms with E-state index in [0.29, 0.717) is 11.1 Å². The summed E-state index contributed by atoms with van der Waals surface area (Å²) >= 11 is 0. The molecule has 2 heterocycles. The molecular weight excluding hydrogens is 548 g/mol. The highest BCUT2D eigenvalue weighted by atomic mass is 19.3. The van der Waals surface area contributed by atoms with Gasteiger partial charge in [0.15, 0.2) is 11.5 Å². The van der Waals surface area contributed by atoms with Crippen LogP contribution in [0.2, 0.25) is 0 Å². The molecule has 3 amide bonds. The Hall–Kier alpha value is -3.90. The molecular formula is C28H32F4N4O5. The lowest BCUT2D eigenvalue weighted by Crippen LogP contribution is -2.45. The molecule has 2 aliphatic rings. The number of carbonyl (C=O) groups is 3. The van der Waals surface area contributed by atoms with Crippen molar-refractivity contribution in [1.29, 1.82) is 0 Å². The van der Waals surface area contributed by atoms with Crippen molar-refractivity contribution in [1.82, 2.24) is 20.1 Å². The van der Waals surface area contributed by atoms with Gasteiger partial charge in [0.05, 0.1) is 0 Å². The predicted octanol–water partition coefficient (Wildman–Crippen LogP) is 4.06. The largest absolute Gasteiger partial charge is 0.504 e. The SMILES string of the molecule is CC(=O)N1CC(c2ccc(OC(F)F)c(O)c2)C[C@@H]1C(=O)NCc1cccnc1C(=O)N(C)C1CCC(F)(F)CC1. The van der Waals surface area contributed by atoms with Crippen molar-refractivity contribution in [2.75, 3.05) is 13.6 Å². The van der Waals surface area contributed by atoms with Crippen LogP contribution in [0.15, 0.2) is 36.5 Å². The van der Waals surface area contributed by atoms with Crippen LogP contribution in [-0.2, 0) is 16.1 Å². The second-order valence-electron chi connectivity index (χ2n) is 10.5. The van der Waals surface area contributed by atoms with E-state index in [1.165, 1.54) is 41.1 Å². The third kappa shape index (κ3) is 7.06. The number of aromatic nitrogens is 1.